The molecule has 0 aromatic heterocycles. The molecule has 5 heteroatoms. The average molecular weight is 236 g/mol. The van der Waals surface area contributed by atoms with Gasteiger partial charge in [-0.15, -0.1) is 0 Å². The number of ether oxygens (including phenoxy) is 2. The highest BCUT2D eigenvalue weighted by Crippen LogP contribution is 2.25. The van der Waals surface area contributed by atoms with E-state index in [9.17, 15) is 14.4 Å². The third-order valence-corrected chi connectivity index (χ3v) is 2.28. The summed E-state index contributed by atoms with van der Waals surface area (Å²) in [7, 11) is 2.55. The summed E-state index contributed by atoms with van der Waals surface area (Å²) in [5, 5.41) is 0. The number of rotatable bonds is 4. The number of aldehydes is 1. The van der Waals surface area contributed by atoms with Crippen LogP contribution in [-0.2, 0) is 4.74 Å². The molecule has 0 atom stereocenters. The Morgan fingerprint density at radius 3 is 2.29 bits per heavy atom. The molecule has 90 valence electrons. The van der Waals surface area contributed by atoms with Gasteiger partial charge in [-0.1, -0.05) is 0 Å². The summed E-state index contributed by atoms with van der Waals surface area (Å²) in [6, 6.07) is 2.74. The molecule has 0 N–H and O–H groups in total. The second-order valence-corrected chi connectivity index (χ2v) is 3.31. The van der Waals surface area contributed by atoms with Crippen molar-refractivity contribution in [3.8, 4) is 5.75 Å². The first kappa shape index (κ1) is 12.9. The predicted octanol–water partition coefficient (Wildman–Crippen LogP) is 1.50. The number of carbonyl (C=O) groups is 3. The fourth-order valence-corrected chi connectivity index (χ4v) is 1.41. The number of Topliss-reactive ketones (excluding diaryl/α,β-unsaturated/α-hetero) is 1. The van der Waals surface area contributed by atoms with Gasteiger partial charge in [0.05, 0.1) is 14.2 Å². The van der Waals surface area contributed by atoms with Gasteiger partial charge in [0.25, 0.3) is 0 Å². The van der Waals surface area contributed by atoms with Crippen LogP contribution < -0.4 is 4.74 Å². The van der Waals surface area contributed by atoms with Gasteiger partial charge in [0.15, 0.2) is 12.1 Å². The van der Waals surface area contributed by atoms with E-state index in [-0.39, 0.29) is 22.7 Å². The summed E-state index contributed by atoms with van der Waals surface area (Å²) in [4.78, 5) is 33.7. The smallest absolute Gasteiger partial charge is 0.342 e. The van der Waals surface area contributed by atoms with Gasteiger partial charge < -0.3 is 9.47 Å². The quantitative estimate of drug-likeness (QED) is 0.450. The van der Waals surface area contributed by atoms with E-state index in [1.807, 2.05) is 0 Å². The largest absolute Gasteiger partial charge is 0.496 e. The summed E-state index contributed by atoms with van der Waals surface area (Å²) in [6.45, 7) is 1.36. The van der Waals surface area contributed by atoms with E-state index in [2.05, 4.69) is 4.74 Å². The maximum absolute atomic E-state index is 11.5. The van der Waals surface area contributed by atoms with Gasteiger partial charge in [-0.25, -0.2) is 4.79 Å². The SMILES string of the molecule is COC(=O)c1c(C=O)cc(C(C)=O)cc1OC. The van der Waals surface area contributed by atoms with Crippen molar-refractivity contribution < 1.29 is 23.9 Å². The van der Waals surface area contributed by atoms with Gasteiger partial charge in [0.1, 0.15) is 11.3 Å². The molecule has 0 radical (unpaired) electrons. The Kier molecular flexibility index (Phi) is 3.98. The number of hydrogen-bond donors (Lipinski definition) is 0. The monoisotopic (exact) mass is 236 g/mol. The second-order valence-electron chi connectivity index (χ2n) is 3.31. The van der Waals surface area contributed by atoms with E-state index < -0.39 is 5.97 Å². The Hall–Kier alpha value is -2.17. The number of benzene rings is 1. The minimum Gasteiger partial charge on any atom is -0.496 e. The molecule has 5 nitrogen and oxygen atoms in total. The summed E-state index contributed by atoms with van der Waals surface area (Å²) < 4.78 is 9.55. The molecule has 0 aliphatic carbocycles. The molecule has 1 aromatic carbocycles. The lowest BCUT2D eigenvalue weighted by Gasteiger charge is -2.10. The topological polar surface area (TPSA) is 69.7 Å². The first-order valence-corrected chi connectivity index (χ1v) is 4.81. The Balaban J connectivity index is 3.52. The molecule has 0 saturated heterocycles. The van der Waals surface area contributed by atoms with Crippen LogP contribution in [0, 0.1) is 0 Å². The molecule has 1 aromatic rings. The Morgan fingerprint density at radius 2 is 1.88 bits per heavy atom. The standard InChI is InChI=1S/C12H12O5/c1-7(14)8-4-9(6-13)11(12(15)17-3)10(5-8)16-2/h4-6H,1-3H3. The highest BCUT2D eigenvalue weighted by Gasteiger charge is 2.20. The molecule has 0 aliphatic rings. The summed E-state index contributed by atoms with van der Waals surface area (Å²) in [6.07, 6.45) is 0.487. The predicted molar refractivity (Wildman–Crippen MR) is 59.7 cm³/mol. The third kappa shape index (κ3) is 2.50. The van der Waals surface area contributed by atoms with Crippen molar-refractivity contribution in [2.75, 3.05) is 14.2 Å². The zero-order valence-corrected chi connectivity index (χ0v) is 9.77. The minimum atomic E-state index is -0.681. The van der Waals surface area contributed by atoms with Gasteiger partial charge in [-0.05, 0) is 19.1 Å². The van der Waals surface area contributed by atoms with Crippen LogP contribution in [0.4, 0.5) is 0 Å². The van der Waals surface area contributed by atoms with Gasteiger partial charge in [0, 0.05) is 11.1 Å². The van der Waals surface area contributed by atoms with Crippen LogP contribution in [-0.4, -0.2) is 32.3 Å². The van der Waals surface area contributed by atoms with Crippen LogP contribution >= 0.6 is 0 Å². The number of esters is 1. The normalized spacial score (nSPS) is 9.59. The molecule has 0 bridgehead atoms. The van der Waals surface area contributed by atoms with Crippen molar-refractivity contribution in [1.29, 1.82) is 0 Å². The van der Waals surface area contributed by atoms with E-state index in [4.69, 9.17) is 4.74 Å². The molecule has 0 spiro atoms. The average Bonchev–Trinajstić information content (AvgIpc) is 2.35. The molecule has 1 rings (SSSR count). The van der Waals surface area contributed by atoms with Gasteiger partial charge >= 0.3 is 5.97 Å². The highest BCUT2D eigenvalue weighted by atomic mass is 16.5. The van der Waals surface area contributed by atoms with Gasteiger partial charge in [-0.3, -0.25) is 9.59 Å². The van der Waals surface area contributed by atoms with Crippen molar-refractivity contribution in [2.45, 2.75) is 6.92 Å². The third-order valence-electron chi connectivity index (χ3n) is 2.28. The molecule has 0 unspecified atom stereocenters. The zero-order valence-electron chi connectivity index (χ0n) is 9.77. The summed E-state index contributed by atoms with van der Waals surface area (Å²) >= 11 is 0. The van der Waals surface area contributed by atoms with Crippen LogP contribution in [0.15, 0.2) is 12.1 Å². The molecule has 0 amide bonds. The van der Waals surface area contributed by atoms with Crippen molar-refractivity contribution in [2.24, 2.45) is 0 Å². The minimum absolute atomic E-state index is 0.0231. The molecule has 0 heterocycles. The van der Waals surface area contributed by atoms with E-state index in [1.165, 1.54) is 33.3 Å². The Labute approximate surface area is 98.3 Å². The molecular weight excluding hydrogens is 224 g/mol. The Bertz CT molecular complexity index is 476. The maximum Gasteiger partial charge on any atom is 0.342 e. The summed E-state index contributed by atoms with van der Waals surface area (Å²) in [5.74, 6) is -0.756. The highest BCUT2D eigenvalue weighted by molar-refractivity contribution is 6.04. The van der Waals surface area contributed by atoms with Crippen LogP contribution in [0.1, 0.15) is 38.0 Å². The molecular formula is C12H12O5. The van der Waals surface area contributed by atoms with Crippen LogP contribution in [0.25, 0.3) is 0 Å². The van der Waals surface area contributed by atoms with Crippen LogP contribution in [0.2, 0.25) is 0 Å². The second kappa shape index (κ2) is 5.25. The maximum atomic E-state index is 11.5. The molecule has 17 heavy (non-hydrogen) atoms. The lowest BCUT2D eigenvalue weighted by atomic mass is 10.0. The molecule has 0 saturated carbocycles. The number of ketones is 1. The van der Waals surface area contributed by atoms with Crippen molar-refractivity contribution in [3.05, 3.63) is 28.8 Å². The first-order chi connectivity index (χ1) is 8.04. The molecule has 0 fully saturated rings. The van der Waals surface area contributed by atoms with Gasteiger partial charge in [0.2, 0.25) is 0 Å². The molecule has 0 aliphatic heterocycles. The van der Waals surface area contributed by atoms with Crippen molar-refractivity contribution in [1.82, 2.24) is 0 Å². The lowest BCUT2D eigenvalue weighted by Crippen LogP contribution is -2.10. The van der Waals surface area contributed by atoms with E-state index in [1.54, 1.807) is 0 Å². The number of methoxy groups -OCH3 is 2. The number of hydrogen-bond acceptors (Lipinski definition) is 5. The van der Waals surface area contributed by atoms with E-state index >= 15 is 0 Å². The fraction of sp³-hybridized carbons (Fsp3) is 0.250. The van der Waals surface area contributed by atoms with Gasteiger partial charge in [-0.2, -0.15) is 0 Å². The first-order valence-electron chi connectivity index (χ1n) is 4.81. The van der Waals surface area contributed by atoms with Crippen LogP contribution in [0.5, 0.6) is 5.75 Å². The lowest BCUT2D eigenvalue weighted by molar-refractivity contribution is 0.0594. The number of carbonyl (C=O) groups excluding carboxylic acids is 3. The van der Waals surface area contributed by atoms with Crippen LogP contribution in [0.3, 0.4) is 0 Å². The summed E-state index contributed by atoms with van der Waals surface area (Å²) in [5.41, 5.74) is 0.396. The van der Waals surface area contributed by atoms with Crippen molar-refractivity contribution >= 4 is 18.0 Å². The van der Waals surface area contributed by atoms with E-state index in [0.717, 1.165) is 0 Å². The van der Waals surface area contributed by atoms with Crippen molar-refractivity contribution in [3.63, 3.8) is 0 Å². The fourth-order valence-electron chi connectivity index (χ4n) is 1.41. The Morgan fingerprint density at radius 1 is 1.24 bits per heavy atom. The van der Waals surface area contributed by atoms with E-state index in [0.29, 0.717) is 11.8 Å². The zero-order chi connectivity index (χ0) is 13.0.